The maximum absolute atomic E-state index is 5.91. The Bertz CT molecular complexity index is 611. The number of nitrogens with one attached hydrogen (secondary N) is 2. The zero-order valence-electron chi connectivity index (χ0n) is 18.4. The Labute approximate surface area is 171 Å². The standard InChI is InChI=1S/C22H39N5O/c1-6-13-28-21-14-18(2)7-8-20(21)16-25-22(23-4)24-15-19(3)17-27-11-9-26(5)10-12-27/h7-8,14,19H,6,9-13,15-17H2,1-5H3,(H2,23,24,25). The number of hydrogen-bond acceptors (Lipinski definition) is 4. The Morgan fingerprint density at radius 1 is 1.21 bits per heavy atom. The van der Waals surface area contributed by atoms with Gasteiger partial charge >= 0.3 is 0 Å². The molecule has 0 saturated carbocycles. The number of piperazine rings is 1. The molecule has 1 aliphatic rings. The van der Waals surface area contributed by atoms with Gasteiger partial charge in [-0.25, -0.2) is 0 Å². The average molecular weight is 390 g/mol. The van der Waals surface area contributed by atoms with Crippen molar-refractivity contribution in [3.05, 3.63) is 29.3 Å². The van der Waals surface area contributed by atoms with Crippen LogP contribution in [-0.2, 0) is 6.54 Å². The van der Waals surface area contributed by atoms with Gasteiger partial charge in [-0.1, -0.05) is 26.0 Å². The van der Waals surface area contributed by atoms with Crippen molar-refractivity contribution in [1.82, 2.24) is 20.4 Å². The summed E-state index contributed by atoms with van der Waals surface area (Å²) >= 11 is 0. The second-order valence-electron chi connectivity index (χ2n) is 7.98. The Morgan fingerprint density at radius 2 is 1.96 bits per heavy atom. The van der Waals surface area contributed by atoms with Crippen molar-refractivity contribution in [2.75, 3.05) is 60.0 Å². The smallest absolute Gasteiger partial charge is 0.191 e. The molecular weight excluding hydrogens is 350 g/mol. The molecule has 1 atom stereocenters. The lowest BCUT2D eigenvalue weighted by atomic mass is 10.1. The quantitative estimate of drug-likeness (QED) is 0.502. The first-order valence-electron chi connectivity index (χ1n) is 10.6. The van der Waals surface area contributed by atoms with E-state index in [4.69, 9.17) is 4.74 Å². The summed E-state index contributed by atoms with van der Waals surface area (Å²) in [5.41, 5.74) is 2.38. The summed E-state index contributed by atoms with van der Waals surface area (Å²) in [6, 6.07) is 6.38. The van der Waals surface area contributed by atoms with Crippen LogP contribution in [0.15, 0.2) is 23.2 Å². The van der Waals surface area contributed by atoms with E-state index < -0.39 is 0 Å². The lowest BCUT2D eigenvalue weighted by Gasteiger charge is -2.34. The topological polar surface area (TPSA) is 52.1 Å². The predicted molar refractivity (Wildman–Crippen MR) is 118 cm³/mol. The normalized spacial score (nSPS) is 17.4. The van der Waals surface area contributed by atoms with E-state index in [-0.39, 0.29) is 0 Å². The van der Waals surface area contributed by atoms with E-state index in [1.165, 1.54) is 31.7 Å². The van der Waals surface area contributed by atoms with Gasteiger partial charge in [0.1, 0.15) is 5.75 Å². The summed E-state index contributed by atoms with van der Waals surface area (Å²) in [6.07, 6.45) is 1.01. The van der Waals surface area contributed by atoms with E-state index in [1.54, 1.807) is 0 Å². The second-order valence-corrected chi connectivity index (χ2v) is 7.98. The second kappa shape index (κ2) is 11.9. The van der Waals surface area contributed by atoms with Gasteiger partial charge in [0, 0.05) is 58.4 Å². The molecular formula is C22H39N5O. The van der Waals surface area contributed by atoms with Crippen LogP contribution in [0.4, 0.5) is 0 Å². The molecule has 2 N–H and O–H groups in total. The number of nitrogens with zero attached hydrogens (tertiary/aromatic N) is 3. The van der Waals surface area contributed by atoms with Crippen LogP contribution in [0.1, 0.15) is 31.4 Å². The number of hydrogen-bond donors (Lipinski definition) is 2. The fourth-order valence-electron chi connectivity index (χ4n) is 3.36. The van der Waals surface area contributed by atoms with Crippen molar-refractivity contribution in [2.45, 2.75) is 33.7 Å². The summed E-state index contributed by atoms with van der Waals surface area (Å²) < 4.78 is 5.91. The van der Waals surface area contributed by atoms with E-state index in [0.717, 1.165) is 43.4 Å². The highest BCUT2D eigenvalue weighted by atomic mass is 16.5. The maximum Gasteiger partial charge on any atom is 0.191 e. The van der Waals surface area contributed by atoms with Crippen LogP contribution in [0.5, 0.6) is 5.75 Å². The lowest BCUT2D eigenvalue weighted by Crippen LogP contribution is -2.47. The van der Waals surface area contributed by atoms with Crippen LogP contribution in [0, 0.1) is 12.8 Å². The van der Waals surface area contributed by atoms with Crippen molar-refractivity contribution in [3.63, 3.8) is 0 Å². The first kappa shape index (κ1) is 22.5. The van der Waals surface area contributed by atoms with Crippen LogP contribution < -0.4 is 15.4 Å². The Balaban J connectivity index is 1.78. The van der Waals surface area contributed by atoms with Gasteiger partial charge in [0.15, 0.2) is 5.96 Å². The summed E-state index contributed by atoms with van der Waals surface area (Å²) in [5.74, 6) is 2.38. The monoisotopic (exact) mass is 389 g/mol. The molecule has 2 rings (SSSR count). The van der Waals surface area contributed by atoms with Crippen molar-refractivity contribution < 1.29 is 4.74 Å². The highest BCUT2D eigenvalue weighted by molar-refractivity contribution is 5.79. The van der Waals surface area contributed by atoms with E-state index in [2.05, 4.69) is 71.4 Å². The largest absolute Gasteiger partial charge is 0.493 e. The van der Waals surface area contributed by atoms with Crippen LogP contribution in [0.2, 0.25) is 0 Å². The van der Waals surface area contributed by atoms with Gasteiger partial charge in [-0.15, -0.1) is 0 Å². The Morgan fingerprint density at radius 3 is 2.64 bits per heavy atom. The predicted octanol–water partition coefficient (Wildman–Crippen LogP) is 2.33. The number of aliphatic imine (C=N–C) groups is 1. The summed E-state index contributed by atoms with van der Waals surface area (Å²) in [4.78, 5) is 9.33. The minimum absolute atomic E-state index is 0.574. The highest BCUT2D eigenvalue weighted by Crippen LogP contribution is 2.20. The third-order valence-electron chi connectivity index (χ3n) is 5.14. The molecule has 28 heavy (non-hydrogen) atoms. The molecule has 1 aliphatic heterocycles. The Kier molecular flexibility index (Phi) is 9.58. The summed E-state index contributed by atoms with van der Waals surface area (Å²) in [6.45, 7) is 14.7. The van der Waals surface area contributed by atoms with Gasteiger partial charge in [0.05, 0.1) is 6.61 Å². The van der Waals surface area contributed by atoms with E-state index >= 15 is 0 Å². The minimum Gasteiger partial charge on any atom is -0.493 e. The van der Waals surface area contributed by atoms with Gasteiger partial charge in [0.25, 0.3) is 0 Å². The molecule has 6 heteroatoms. The zero-order valence-corrected chi connectivity index (χ0v) is 18.4. The third-order valence-corrected chi connectivity index (χ3v) is 5.14. The molecule has 0 aromatic heterocycles. The van der Waals surface area contributed by atoms with Crippen LogP contribution >= 0.6 is 0 Å². The van der Waals surface area contributed by atoms with Gasteiger partial charge in [-0.3, -0.25) is 4.99 Å². The number of rotatable bonds is 9. The van der Waals surface area contributed by atoms with Crippen LogP contribution in [0.3, 0.4) is 0 Å². The van der Waals surface area contributed by atoms with Gasteiger partial charge in [-0.05, 0) is 37.9 Å². The van der Waals surface area contributed by atoms with Crippen LogP contribution in [0.25, 0.3) is 0 Å². The fraction of sp³-hybridized carbons (Fsp3) is 0.682. The van der Waals surface area contributed by atoms with Crippen molar-refractivity contribution in [2.24, 2.45) is 10.9 Å². The molecule has 1 saturated heterocycles. The van der Waals surface area contributed by atoms with Crippen molar-refractivity contribution in [1.29, 1.82) is 0 Å². The first-order valence-corrected chi connectivity index (χ1v) is 10.6. The maximum atomic E-state index is 5.91. The van der Waals surface area contributed by atoms with E-state index in [0.29, 0.717) is 12.5 Å². The zero-order chi connectivity index (χ0) is 20.4. The molecule has 0 amide bonds. The lowest BCUT2D eigenvalue weighted by molar-refractivity contribution is 0.139. The fourth-order valence-corrected chi connectivity index (χ4v) is 3.36. The minimum atomic E-state index is 0.574. The van der Waals surface area contributed by atoms with Crippen molar-refractivity contribution >= 4 is 5.96 Å². The van der Waals surface area contributed by atoms with Gasteiger partial charge in [-0.2, -0.15) is 0 Å². The molecule has 1 aromatic carbocycles. The molecule has 0 radical (unpaired) electrons. The summed E-state index contributed by atoms with van der Waals surface area (Å²) in [5, 5.41) is 6.90. The molecule has 0 bridgehead atoms. The number of aryl methyl sites for hydroxylation is 1. The van der Waals surface area contributed by atoms with Gasteiger partial charge < -0.3 is 25.2 Å². The highest BCUT2D eigenvalue weighted by Gasteiger charge is 2.16. The molecule has 158 valence electrons. The molecule has 1 fully saturated rings. The molecule has 0 spiro atoms. The third kappa shape index (κ3) is 7.68. The molecule has 6 nitrogen and oxygen atoms in total. The summed E-state index contributed by atoms with van der Waals surface area (Å²) in [7, 11) is 4.02. The molecule has 1 unspecified atom stereocenters. The molecule has 0 aliphatic carbocycles. The number of guanidine groups is 1. The number of likely N-dealkylation sites (N-methyl/N-ethyl adjacent to an activating group) is 1. The molecule has 1 heterocycles. The van der Waals surface area contributed by atoms with Gasteiger partial charge in [0.2, 0.25) is 0 Å². The van der Waals surface area contributed by atoms with E-state index in [1.807, 2.05) is 7.05 Å². The Hall–Kier alpha value is -1.79. The number of ether oxygens (including phenoxy) is 1. The van der Waals surface area contributed by atoms with Crippen LogP contribution in [-0.4, -0.2) is 75.7 Å². The SMILES string of the molecule is CCCOc1cc(C)ccc1CNC(=NC)NCC(C)CN1CCN(C)CC1. The first-order chi connectivity index (χ1) is 13.5. The molecule has 1 aromatic rings. The van der Waals surface area contributed by atoms with Crippen molar-refractivity contribution in [3.8, 4) is 5.75 Å². The average Bonchev–Trinajstić information content (AvgIpc) is 2.69. The van der Waals surface area contributed by atoms with E-state index in [9.17, 15) is 0 Å². The number of benzene rings is 1.